The number of allylic oxidation sites excluding steroid dienone is 8. The predicted octanol–water partition coefficient (Wildman–Crippen LogP) is 14.3. The molecular formula is C47H85O8P. The van der Waals surface area contributed by atoms with Crippen LogP contribution in [0.2, 0.25) is 0 Å². The van der Waals surface area contributed by atoms with Gasteiger partial charge in [0.1, 0.15) is 6.61 Å². The molecule has 0 radical (unpaired) electrons. The number of esters is 2. The van der Waals surface area contributed by atoms with Crippen molar-refractivity contribution in [1.29, 1.82) is 0 Å². The van der Waals surface area contributed by atoms with E-state index >= 15 is 0 Å². The topological polar surface area (TPSA) is 119 Å². The molecule has 0 rings (SSSR count). The van der Waals surface area contributed by atoms with Gasteiger partial charge in [-0.3, -0.25) is 14.1 Å². The van der Waals surface area contributed by atoms with E-state index in [9.17, 15) is 14.2 Å². The second kappa shape index (κ2) is 42.6. The summed E-state index contributed by atoms with van der Waals surface area (Å²) >= 11 is 0. The van der Waals surface area contributed by atoms with Crippen LogP contribution < -0.4 is 0 Å². The molecule has 0 aliphatic carbocycles. The molecule has 9 heteroatoms. The maximum Gasteiger partial charge on any atom is 0.469 e. The van der Waals surface area contributed by atoms with E-state index in [2.05, 4.69) is 67.0 Å². The highest BCUT2D eigenvalue weighted by molar-refractivity contribution is 7.46. The Hall–Kier alpha value is -1.99. The lowest BCUT2D eigenvalue weighted by molar-refractivity contribution is -0.161. The van der Waals surface area contributed by atoms with Crippen LogP contribution in [0.5, 0.6) is 0 Å². The number of hydrogen-bond donors (Lipinski definition) is 2. The normalized spacial score (nSPS) is 12.9. The van der Waals surface area contributed by atoms with Gasteiger partial charge in [0.25, 0.3) is 0 Å². The lowest BCUT2D eigenvalue weighted by Gasteiger charge is -2.18. The Kier molecular flexibility index (Phi) is 41.1. The first-order chi connectivity index (χ1) is 27.3. The van der Waals surface area contributed by atoms with Gasteiger partial charge in [-0.2, -0.15) is 0 Å². The SMILES string of the molecule is CC/C=C/C/C=C/C/C=C/CCCCCCCC(=O)O[C@H](COC(=O)CCC/C=C/CCCCCCCCCCCCCCCCCCCC)COP(=O)(O)O. The molecule has 2 N–H and O–H groups in total. The monoisotopic (exact) mass is 809 g/mol. The van der Waals surface area contributed by atoms with Crippen molar-refractivity contribution >= 4 is 19.8 Å². The van der Waals surface area contributed by atoms with Gasteiger partial charge >= 0.3 is 19.8 Å². The van der Waals surface area contributed by atoms with Crippen molar-refractivity contribution in [2.24, 2.45) is 0 Å². The van der Waals surface area contributed by atoms with Crippen LogP contribution in [0.25, 0.3) is 0 Å². The summed E-state index contributed by atoms with van der Waals surface area (Å²) in [7, 11) is -4.77. The van der Waals surface area contributed by atoms with E-state index in [0.29, 0.717) is 12.8 Å². The Balaban J connectivity index is 3.87. The largest absolute Gasteiger partial charge is 0.469 e. The van der Waals surface area contributed by atoms with Gasteiger partial charge in [-0.1, -0.05) is 191 Å². The summed E-state index contributed by atoms with van der Waals surface area (Å²) in [6, 6.07) is 0. The maximum atomic E-state index is 12.4. The maximum absolute atomic E-state index is 12.4. The Morgan fingerprint density at radius 2 is 0.875 bits per heavy atom. The van der Waals surface area contributed by atoms with Crippen LogP contribution in [0.4, 0.5) is 0 Å². The van der Waals surface area contributed by atoms with Crippen LogP contribution in [0.1, 0.15) is 219 Å². The molecule has 0 aliphatic rings. The molecule has 0 unspecified atom stereocenters. The van der Waals surface area contributed by atoms with Crippen LogP contribution in [0.15, 0.2) is 48.6 Å². The third kappa shape index (κ3) is 44.7. The summed E-state index contributed by atoms with van der Waals surface area (Å²) < 4.78 is 26.4. The van der Waals surface area contributed by atoms with Crippen molar-refractivity contribution in [3.8, 4) is 0 Å². The molecule has 0 fully saturated rings. The van der Waals surface area contributed by atoms with Crippen LogP contribution >= 0.6 is 7.82 Å². The zero-order valence-corrected chi connectivity index (χ0v) is 36.9. The summed E-state index contributed by atoms with van der Waals surface area (Å²) in [4.78, 5) is 42.9. The minimum atomic E-state index is -4.77. The van der Waals surface area contributed by atoms with Gasteiger partial charge in [0.15, 0.2) is 6.10 Å². The van der Waals surface area contributed by atoms with Gasteiger partial charge in [-0.15, -0.1) is 0 Å². The minimum absolute atomic E-state index is 0.186. The van der Waals surface area contributed by atoms with Crippen molar-refractivity contribution in [3.05, 3.63) is 48.6 Å². The quantitative estimate of drug-likeness (QED) is 0.0271. The summed E-state index contributed by atoms with van der Waals surface area (Å²) in [5, 5.41) is 0. The standard InChI is InChI=1S/C47H85O8P/c1-3-5-7-9-11-13-15-17-19-20-21-22-23-24-25-26-28-29-31-33-35-37-39-41-46(48)53-43-45(44-54-56(50,51)52)55-47(49)42-40-38-36-34-32-30-27-18-16-14-12-10-8-6-4-2/h6,8,12,14,18,27,33,35,45H,3-5,7,9-11,13,15-17,19-26,28-32,34,36-44H2,1-2H3,(H2,50,51,52)/b8-6+,14-12+,27-18+,35-33+/t45-/m1/s1. The number of unbranched alkanes of at least 4 members (excludes halogenated alkanes) is 24. The lowest BCUT2D eigenvalue weighted by Crippen LogP contribution is -2.29. The summed E-state index contributed by atoms with van der Waals surface area (Å²) in [5.74, 6) is -0.938. The fourth-order valence-corrected chi connectivity index (χ4v) is 6.81. The third-order valence-corrected chi connectivity index (χ3v) is 10.3. The van der Waals surface area contributed by atoms with E-state index in [1.165, 1.54) is 116 Å². The fraction of sp³-hybridized carbons (Fsp3) is 0.787. The van der Waals surface area contributed by atoms with E-state index in [0.717, 1.165) is 64.2 Å². The number of phosphoric ester groups is 1. The average molecular weight is 809 g/mol. The number of hydrogen-bond acceptors (Lipinski definition) is 6. The van der Waals surface area contributed by atoms with E-state index in [4.69, 9.17) is 19.3 Å². The smallest absolute Gasteiger partial charge is 0.462 e. The Morgan fingerprint density at radius 1 is 0.482 bits per heavy atom. The number of ether oxygens (including phenoxy) is 2. The van der Waals surface area contributed by atoms with Gasteiger partial charge in [-0.25, -0.2) is 4.57 Å². The zero-order valence-electron chi connectivity index (χ0n) is 36.0. The first-order valence-corrected chi connectivity index (χ1v) is 24.5. The Bertz CT molecular complexity index is 1050. The fourth-order valence-electron chi connectivity index (χ4n) is 6.45. The van der Waals surface area contributed by atoms with Gasteiger partial charge < -0.3 is 19.3 Å². The summed E-state index contributed by atoms with van der Waals surface area (Å²) in [5.41, 5.74) is 0. The number of phosphoric acid groups is 1. The first kappa shape index (κ1) is 54.0. The Labute approximate surface area is 344 Å². The highest BCUT2D eigenvalue weighted by atomic mass is 31.2. The van der Waals surface area contributed by atoms with E-state index in [1.807, 2.05) is 0 Å². The van der Waals surface area contributed by atoms with Crippen LogP contribution in [-0.4, -0.2) is 41.0 Å². The highest BCUT2D eigenvalue weighted by Gasteiger charge is 2.22. The van der Waals surface area contributed by atoms with Gasteiger partial charge in [0.2, 0.25) is 0 Å². The number of carbonyl (C=O) groups excluding carboxylic acids is 2. The van der Waals surface area contributed by atoms with E-state index < -0.39 is 32.5 Å². The first-order valence-electron chi connectivity index (χ1n) is 22.9. The minimum Gasteiger partial charge on any atom is -0.462 e. The van der Waals surface area contributed by atoms with Crippen molar-refractivity contribution in [2.75, 3.05) is 13.2 Å². The average Bonchev–Trinajstić information content (AvgIpc) is 3.17. The molecule has 0 heterocycles. The molecule has 56 heavy (non-hydrogen) atoms. The van der Waals surface area contributed by atoms with Crippen LogP contribution in [0.3, 0.4) is 0 Å². The molecule has 0 bridgehead atoms. The molecule has 0 amide bonds. The van der Waals surface area contributed by atoms with Crippen molar-refractivity contribution in [2.45, 2.75) is 225 Å². The molecule has 0 saturated heterocycles. The summed E-state index contributed by atoms with van der Waals surface area (Å²) in [6.45, 7) is 3.56. The van der Waals surface area contributed by atoms with Gasteiger partial charge in [0.05, 0.1) is 6.61 Å². The third-order valence-electron chi connectivity index (χ3n) is 9.83. The molecule has 1 atom stereocenters. The van der Waals surface area contributed by atoms with Gasteiger partial charge in [-0.05, 0) is 64.2 Å². The Morgan fingerprint density at radius 3 is 1.36 bits per heavy atom. The van der Waals surface area contributed by atoms with E-state index in [-0.39, 0.29) is 19.4 Å². The van der Waals surface area contributed by atoms with Crippen LogP contribution in [0, 0.1) is 0 Å². The van der Waals surface area contributed by atoms with Crippen molar-refractivity contribution < 1.29 is 37.9 Å². The van der Waals surface area contributed by atoms with Crippen LogP contribution in [-0.2, 0) is 28.2 Å². The number of carbonyl (C=O) groups is 2. The molecule has 0 aromatic rings. The van der Waals surface area contributed by atoms with E-state index in [1.54, 1.807) is 0 Å². The molecular weight excluding hydrogens is 723 g/mol. The molecule has 0 spiro atoms. The number of rotatable bonds is 42. The highest BCUT2D eigenvalue weighted by Crippen LogP contribution is 2.36. The molecule has 0 aliphatic heterocycles. The van der Waals surface area contributed by atoms with Crippen molar-refractivity contribution in [1.82, 2.24) is 0 Å². The molecule has 0 saturated carbocycles. The van der Waals surface area contributed by atoms with Gasteiger partial charge in [0, 0.05) is 12.8 Å². The molecule has 0 aromatic carbocycles. The second-order valence-corrected chi connectivity index (χ2v) is 16.6. The van der Waals surface area contributed by atoms with Crippen molar-refractivity contribution in [3.63, 3.8) is 0 Å². The molecule has 8 nitrogen and oxygen atoms in total. The lowest BCUT2D eigenvalue weighted by atomic mass is 10.0. The molecule has 0 aromatic heterocycles. The zero-order chi connectivity index (χ0) is 41.1. The summed E-state index contributed by atoms with van der Waals surface area (Å²) in [6.07, 6.45) is 52.8. The predicted molar refractivity (Wildman–Crippen MR) is 234 cm³/mol. The second-order valence-electron chi connectivity index (χ2n) is 15.3. The molecule has 326 valence electrons.